The molecule has 0 saturated carbocycles. The molecule has 0 spiro atoms. The highest BCUT2D eigenvalue weighted by molar-refractivity contribution is 4.96. The fourth-order valence-electron chi connectivity index (χ4n) is 1.24. The van der Waals surface area contributed by atoms with Crippen LogP contribution in [0, 0.1) is 0 Å². The molecule has 0 aromatic carbocycles. The van der Waals surface area contributed by atoms with Crippen molar-refractivity contribution in [2.45, 2.75) is 6.54 Å². The van der Waals surface area contributed by atoms with Crippen molar-refractivity contribution in [2.75, 3.05) is 20.6 Å². The molecule has 12 heavy (non-hydrogen) atoms. The standard InChI is InChI=1S/C10H16NO/c1-4-7-11(2,3)9-10-6-5-8-12-10/h4-6,8H,1,7,9H2,2-3H3/q+1. The van der Waals surface area contributed by atoms with Gasteiger partial charge in [0, 0.05) is 0 Å². The number of furan rings is 1. The quantitative estimate of drug-likeness (QED) is 0.493. The first-order valence-corrected chi connectivity index (χ1v) is 4.09. The molecular weight excluding hydrogens is 150 g/mol. The predicted molar refractivity (Wildman–Crippen MR) is 49.6 cm³/mol. The molecule has 2 nitrogen and oxygen atoms in total. The highest BCUT2D eigenvalue weighted by atomic mass is 16.3. The number of hydrogen-bond acceptors (Lipinski definition) is 1. The van der Waals surface area contributed by atoms with Crippen molar-refractivity contribution in [3.63, 3.8) is 0 Å². The van der Waals surface area contributed by atoms with Crippen LogP contribution in [0.1, 0.15) is 5.76 Å². The minimum Gasteiger partial charge on any atom is -0.463 e. The average Bonchev–Trinajstić information content (AvgIpc) is 2.38. The molecule has 0 unspecified atom stereocenters. The molecule has 0 radical (unpaired) electrons. The van der Waals surface area contributed by atoms with Crippen LogP contribution in [-0.4, -0.2) is 25.1 Å². The summed E-state index contributed by atoms with van der Waals surface area (Å²) < 4.78 is 6.15. The second-order valence-corrected chi connectivity index (χ2v) is 3.64. The lowest BCUT2D eigenvalue weighted by Gasteiger charge is -2.26. The van der Waals surface area contributed by atoms with Gasteiger partial charge >= 0.3 is 0 Å². The Bertz CT molecular complexity index is 236. The molecule has 0 N–H and O–H groups in total. The molecule has 0 fully saturated rings. The van der Waals surface area contributed by atoms with Gasteiger partial charge in [-0.05, 0) is 18.2 Å². The third-order valence-electron chi connectivity index (χ3n) is 1.79. The van der Waals surface area contributed by atoms with Crippen LogP contribution in [0.4, 0.5) is 0 Å². The lowest BCUT2D eigenvalue weighted by molar-refractivity contribution is -0.898. The first-order chi connectivity index (χ1) is 5.64. The van der Waals surface area contributed by atoms with E-state index in [4.69, 9.17) is 4.42 Å². The molecule has 1 heterocycles. The third kappa shape index (κ3) is 2.55. The zero-order valence-corrected chi connectivity index (χ0v) is 7.79. The Morgan fingerprint density at radius 1 is 1.58 bits per heavy atom. The van der Waals surface area contributed by atoms with Crippen molar-refractivity contribution < 1.29 is 8.90 Å². The predicted octanol–water partition coefficient (Wildman–Crippen LogP) is 2.04. The lowest BCUT2D eigenvalue weighted by Crippen LogP contribution is -2.38. The Morgan fingerprint density at radius 3 is 2.83 bits per heavy atom. The van der Waals surface area contributed by atoms with Crippen molar-refractivity contribution in [2.24, 2.45) is 0 Å². The maximum atomic E-state index is 5.27. The molecular formula is C10H16NO+. The minimum absolute atomic E-state index is 0.886. The van der Waals surface area contributed by atoms with Crippen LogP contribution in [0.3, 0.4) is 0 Å². The van der Waals surface area contributed by atoms with Gasteiger partial charge in [-0.3, -0.25) is 0 Å². The number of likely N-dealkylation sites (N-methyl/N-ethyl adjacent to an activating group) is 1. The summed E-state index contributed by atoms with van der Waals surface area (Å²) in [5, 5.41) is 0. The van der Waals surface area contributed by atoms with Crippen molar-refractivity contribution in [3.05, 3.63) is 36.8 Å². The van der Waals surface area contributed by atoms with Crippen LogP contribution in [0.25, 0.3) is 0 Å². The van der Waals surface area contributed by atoms with Crippen molar-refractivity contribution in [3.8, 4) is 0 Å². The van der Waals surface area contributed by atoms with Crippen LogP contribution in [0.5, 0.6) is 0 Å². The second-order valence-electron chi connectivity index (χ2n) is 3.64. The normalized spacial score (nSPS) is 11.5. The van der Waals surface area contributed by atoms with Gasteiger partial charge in [0.15, 0.2) is 5.76 Å². The van der Waals surface area contributed by atoms with Gasteiger partial charge in [-0.2, -0.15) is 0 Å². The van der Waals surface area contributed by atoms with E-state index < -0.39 is 0 Å². The summed E-state index contributed by atoms with van der Waals surface area (Å²) in [5.74, 6) is 1.03. The number of nitrogens with zero attached hydrogens (tertiary/aromatic N) is 1. The van der Waals surface area contributed by atoms with Gasteiger partial charge in [-0.25, -0.2) is 0 Å². The Hall–Kier alpha value is -1.02. The first kappa shape index (κ1) is 9.07. The zero-order chi connectivity index (χ0) is 9.03. The smallest absolute Gasteiger partial charge is 0.158 e. The molecule has 0 aliphatic rings. The highest BCUT2D eigenvalue weighted by Crippen LogP contribution is 2.09. The van der Waals surface area contributed by atoms with Gasteiger partial charge in [0.25, 0.3) is 0 Å². The van der Waals surface area contributed by atoms with Gasteiger partial charge in [-0.1, -0.05) is 6.58 Å². The van der Waals surface area contributed by atoms with Crippen molar-refractivity contribution in [1.29, 1.82) is 0 Å². The molecule has 0 aliphatic heterocycles. The fraction of sp³-hybridized carbons (Fsp3) is 0.400. The van der Waals surface area contributed by atoms with Gasteiger partial charge in [0.05, 0.1) is 26.9 Å². The SMILES string of the molecule is C=CC[N+](C)(C)Cc1ccco1. The molecule has 1 aromatic rings. The Kier molecular flexibility index (Phi) is 2.71. The summed E-state index contributed by atoms with van der Waals surface area (Å²) in [7, 11) is 4.31. The summed E-state index contributed by atoms with van der Waals surface area (Å²) in [6.45, 7) is 5.60. The molecule has 66 valence electrons. The third-order valence-corrected chi connectivity index (χ3v) is 1.79. The molecule has 2 heteroatoms. The molecule has 0 atom stereocenters. The summed E-state index contributed by atoms with van der Waals surface area (Å²) in [4.78, 5) is 0. The maximum absolute atomic E-state index is 5.27. The van der Waals surface area contributed by atoms with E-state index in [9.17, 15) is 0 Å². The van der Waals surface area contributed by atoms with Crippen LogP contribution >= 0.6 is 0 Å². The van der Waals surface area contributed by atoms with Crippen LogP contribution < -0.4 is 0 Å². The van der Waals surface area contributed by atoms with Crippen LogP contribution in [0.2, 0.25) is 0 Å². The summed E-state index contributed by atoms with van der Waals surface area (Å²) >= 11 is 0. The first-order valence-electron chi connectivity index (χ1n) is 4.09. The average molecular weight is 166 g/mol. The van der Waals surface area contributed by atoms with E-state index >= 15 is 0 Å². The Balaban J connectivity index is 2.55. The van der Waals surface area contributed by atoms with Gasteiger partial charge in [-0.15, -0.1) is 0 Å². The number of quaternary nitrogens is 1. The summed E-state index contributed by atoms with van der Waals surface area (Å²) in [6.07, 6.45) is 3.65. The van der Waals surface area contributed by atoms with Crippen molar-refractivity contribution >= 4 is 0 Å². The van der Waals surface area contributed by atoms with E-state index in [2.05, 4.69) is 20.7 Å². The van der Waals surface area contributed by atoms with Crippen molar-refractivity contribution in [1.82, 2.24) is 0 Å². The number of rotatable bonds is 4. The molecule has 1 rings (SSSR count). The largest absolute Gasteiger partial charge is 0.463 e. The second kappa shape index (κ2) is 3.59. The van der Waals surface area contributed by atoms with E-state index in [0.29, 0.717) is 0 Å². The summed E-state index contributed by atoms with van der Waals surface area (Å²) in [5.41, 5.74) is 0. The van der Waals surface area contributed by atoms with Crippen LogP contribution in [0.15, 0.2) is 35.5 Å². The fourth-order valence-corrected chi connectivity index (χ4v) is 1.24. The topological polar surface area (TPSA) is 13.1 Å². The van der Waals surface area contributed by atoms with E-state index in [1.807, 2.05) is 18.2 Å². The molecule has 0 amide bonds. The highest BCUT2D eigenvalue weighted by Gasteiger charge is 2.14. The van der Waals surface area contributed by atoms with E-state index in [-0.39, 0.29) is 0 Å². The van der Waals surface area contributed by atoms with Gasteiger partial charge in [0.1, 0.15) is 6.54 Å². The minimum atomic E-state index is 0.886. The molecule has 0 bridgehead atoms. The maximum Gasteiger partial charge on any atom is 0.158 e. The molecule has 0 saturated heterocycles. The summed E-state index contributed by atoms with van der Waals surface area (Å²) in [6, 6.07) is 3.92. The monoisotopic (exact) mass is 166 g/mol. The Labute approximate surface area is 73.7 Å². The van der Waals surface area contributed by atoms with Gasteiger partial charge < -0.3 is 8.90 Å². The van der Waals surface area contributed by atoms with Gasteiger partial charge in [0.2, 0.25) is 0 Å². The van der Waals surface area contributed by atoms with E-state index in [1.165, 1.54) is 0 Å². The van der Waals surface area contributed by atoms with E-state index in [0.717, 1.165) is 23.3 Å². The Morgan fingerprint density at radius 2 is 2.33 bits per heavy atom. The van der Waals surface area contributed by atoms with E-state index in [1.54, 1.807) is 6.26 Å². The molecule has 0 aliphatic carbocycles. The van der Waals surface area contributed by atoms with Crippen LogP contribution in [-0.2, 0) is 6.54 Å². The zero-order valence-electron chi connectivity index (χ0n) is 7.79. The number of hydrogen-bond donors (Lipinski definition) is 0. The molecule has 1 aromatic heterocycles. The lowest BCUT2D eigenvalue weighted by atomic mass is 10.3.